The van der Waals surface area contributed by atoms with Crippen molar-refractivity contribution < 1.29 is 24.6 Å². The second-order valence-electron chi connectivity index (χ2n) is 3.91. The second-order valence-corrected chi connectivity index (χ2v) is 3.91. The summed E-state index contributed by atoms with van der Waals surface area (Å²) in [6.45, 7) is 3.63. The van der Waals surface area contributed by atoms with Crippen LogP contribution in [-0.4, -0.2) is 52.7 Å². The first-order valence-electron chi connectivity index (χ1n) is 6.03. The van der Waals surface area contributed by atoms with Gasteiger partial charge < -0.3 is 15.1 Å². The van der Waals surface area contributed by atoms with Gasteiger partial charge in [-0.3, -0.25) is 14.9 Å². The zero-order valence-electron chi connectivity index (χ0n) is 10.8. The number of hydrogen-bond donors (Lipinski definition) is 3. The number of nitrogens with zero attached hydrogens (tertiary/aromatic N) is 1. The molecule has 7 heteroatoms. The van der Waals surface area contributed by atoms with E-state index in [1.165, 1.54) is 11.0 Å². The van der Waals surface area contributed by atoms with Crippen LogP contribution in [0.4, 0.5) is 4.79 Å². The number of hydrogen-bond acceptors (Lipinski definition) is 4. The molecule has 0 rings (SSSR count). The van der Waals surface area contributed by atoms with Gasteiger partial charge in [0.1, 0.15) is 0 Å². The number of unbranched alkanes of at least 4 members (excludes halogenated alkanes) is 1. The predicted octanol–water partition coefficient (Wildman–Crippen LogP) is 0.348. The highest BCUT2D eigenvalue weighted by molar-refractivity contribution is 5.94. The van der Waals surface area contributed by atoms with Gasteiger partial charge in [-0.25, -0.2) is 4.79 Å². The van der Waals surface area contributed by atoms with E-state index in [0.29, 0.717) is 12.8 Å². The summed E-state index contributed by atoms with van der Waals surface area (Å²) >= 11 is 0. The molecule has 0 aliphatic heterocycles. The van der Waals surface area contributed by atoms with Crippen LogP contribution in [0.3, 0.4) is 0 Å². The van der Waals surface area contributed by atoms with Gasteiger partial charge in [-0.05, 0) is 12.8 Å². The Balaban J connectivity index is 3.98. The van der Waals surface area contributed by atoms with Gasteiger partial charge in [0.15, 0.2) is 0 Å². The molecule has 0 radical (unpaired) electrons. The van der Waals surface area contributed by atoms with Crippen molar-refractivity contribution in [3.05, 3.63) is 12.7 Å². The summed E-state index contributed by atoms with van der Waals surface area (Å²) in [5.41, 5.74) is 0. The molecule has 0 aliphatic rings. The zero-order chi connectivity index (χ0) is 14.7. The normalized spacial score (nSPS) is 9.74. The lowest BCUT2D eigenvalue weighted by Crippen LogP contribution is -2.44. The van der Waals surface area contributed by atoms with Crippen molar-refractivity contribution in [3.63, 3.8) is 0 Å². The Bertz CT molecular complexity index is 330. The monoisotopic (exact) mass is 272 g/mol. The number of aliphatic carboxylic acids is 1. The summed E-state index contributed by atoms with van der Waals surface area (Å²) in [4.78, 5) is 34.5. The molecule has 0 unspecified atom stereocenters. The summed E-state index contributed by atoms with van der Waals surface area (Å²) in [7, 11) is 0. The van der Waals surface area contributed by atoms with Gasteiger partial charge in [0.25, 0.3) is 0 Å². The van der Waals surface area contributed by atoms with Crippen molar-refractivity contribution in [1.82, 2.24) is 10.2 Å². The van der Waals surface area contributed by atoms with Crippen LogP contribution in [0.5, 0.6) is 0 Å². The zero-order valence-corrected chi connectivity index (χ0v) is 10.8. The molecular weight excluding hydrogens is 252 g/mol. The van der Waals surface area contributed by atoms with E-state index in [-0.39, 0.29) is 32.5 Å². The van der Waals surface area contributed by atoms with E-state index in [1.54, 1.807) is 0 Å². The number of aliphatic hydroxyl groups is 1. The third-order valence-corrected chi connectivity index (χ3v) is 2.30. The molecule has 0 saturated carbocycles. The first kappa shape index (κ1) is 17.1. The molecule has 0 saturated heterocycles. The summed E-state index contributed by atoms with van der Waals surface area (Å²) in [6, 6.07) is -0.586. The highest BCUT2D eigenvalue weighted by Gasteiger charge is 2.14. The highest BCUT2D eigenvalue weighted by atomic mass is 16.4. The minimum absolute atomic E-state index is 0.00826. The molecule has 7 nitrogen and oxygen atoms in total. The molecule has 3 amide bonds. The van der Waals surface area contributed by atoms with Gasteiger partial charge in [-0.15, -0.1) is 6.58 Å². The number of carbonyl (C=O) groups is 3. The Hall–Kier alpha value is -1.89. The molecule has 0 aliphatic carbocycles. The van der Waals surface area contributed by atoms with E-state index in [1.807, 2.05) is 0 Å². The van der Waals surface area contributed by atoms with Crippen LogP contribution in [0.25, 0.3) is 0 Å². The van der Waals surface area contributed by atoms with Gasteiger partial charge in [-0.2, -0.15) is 0 Å². The average Bonchev–Trinajstić information content (AvgIpc) is 2.34. The lowest BCUT2D eigenvalue weighted by atomic mass is 10.2. The Morgan fingerprint density at radius 3 is 2.37 bits per heavy atom. The fourth-order valence-corrected chi connectivity index (χ4v) is 1.37. The van der Waals surface area contributed by atoms with Crippen molar-refractivity contribution in [2.75, 3.05) is 19.7 Å². The average molecular weight is 272 g/mol. The number of nitrogens with one attached hydrogen (secondary N) is 1. The van der Waals surface area contributed by atoms with Gasteiger partial charge in [0, 0.05) is 25.9 Å². The SMILES string of the molecule is C=CCN(CCO)C(=O)NC(=O)CCCCC(=O)O. The van der Waals surface area contributed by atoms with E-state index in [9.17, 15) is 14.4 Å². The fraction of sp³-hybridized carbons (Fsp3) is 0.583. The molecular formula is C12H20N2O5. The van der Waals surface area contributed by atoms with E-state index in [4.69, 9.17) is 10.2 Å². The van der Waals surface area contributed by atoms with E-state index >= 15 is 0 Å². The fourth-order valence-electron chi connectivity index (χ4n) is 1.37. The molecule has 0 spiro atoms. The van der Waals surface area contributed by atoms with Gasteiger partial charge in [0.05, 0.1) is 6.61 Å². The number of rotatable bonds is 9. The predicted molar refractivity (Wildman–Crippen MR) is 68.5 cm³/mol. The van der Waals surface area contributed by atoms with Crippen molar-refractivity contribution >= 4 is 17.9 Å². The van der Waals surface area contributed by atoms with Crippen LogP contribution in [0.15, 0.2) is 12.7 Å². The van der Waals surface area contributed by atoms with Crippen molar-refractivity contribution in [2.24, 2.45) is 0 Å². The minimum atomic E-state index is -0.906. The molecule has 0 fully saturated rings. The molecule has 0 heterocycles. The first-order chi connectivity index (χ1) is 9.01. The Labute approximate surface area is 111 Å². The number of carbonyl (C=O) groups excluding carboxylic acids is 2. The van der Waals surface area contributed by atoms with E-state index in [2.05, 4.69) is 11.9 Å². The smallest absolute Gasteiger partial charge is 0.324 e. The maximum atomic E-state index is 11.6. The Morgan fingerprint density at radius 1 is 1.21 bits per heavy atom. The van der Waals surface area contributed by atoms with Crippen molar-refractivity contribution in [3.8, 4) is 0 Å². The lowest BCUT2D eigenvalue weighted by Gasteiger charge is -2.19. The number of aliphatic hydroxyl groups excluding tert-OH is 1. The van der Waals surface area contributed by atoms with Crippen molar-refractivity contribution in [2.45, 2.75) is 25.7 Å². The maximum absolute atomic E-state index is 11.6. The topological polar surface area (TPSA) is 107 Å². The molecule has 0 aromatic carbocycles. The van der Waals surface area contributed by atoms with Crippen LogP contribution in [0.1, 0.15) is 25.7 Å². The molecule has 0 aromatic heterocycles. The Morgan fingerprint density at radius 2 is 1.84 bits per heavy atom. The van der Waals surface area contributed by atoms with Gasteiger partial charge >= 0.3 is 12.0 Å². The summed E-state index contributed by atoms with van der Waals surface area (Å²) in [6.07, 6.45) is 2.40. The van der Waals surface area contributed by atoms with Crippen LogP contribution in [0.2, 0.25) is 0 Å². The van der Waals surface area contributed by atoms with Crippen LogP contribution in [-0.2, 0) is 9.59 Å². The molecule has 108 valence electrons. The van der Waals surface area contributed by atoms with Crippen LogP contribution >= 0.6 is 0 Å². The molecule has 0 atom stereocenters. The third-order valence-electron chi connectivity index (χ3n) is 2.30. The maximum Gasteiger partial charge on any atom is 0.324 e. The lowest BCUT2D eigenvalue weighted by molar-refractivity contribution is -0.137. The summed E-state index contributed by atoms with van der Waals surface area (Å²) in [5.74, 6) is -1.36. The van der Waals surface area contributed by atoms with Crippen LogP contribution in [0, 0.1) is 0 Å². The van der Waals surface area contributed by atoms with E-state index in [0.717, 1.165) is 0 Å². The number of urea groups is 1. The van der Waals surface area contributed by atoms with Gasteiger partial charge in [-0.1, -0.05) is 6.08 Å². The largest absolute Gasteiger partial charge is 0.481 e. The molecule has 3 N–H and O–H groups in total. The molecule has 19 heavy (non-hydrogen) atoms. The number of imide groups is 1. The third kappa shape index (κ3) is 8.78. The summed E-state index contributed by atoms with van der Waals surface area (Å²) < 4.78 is 0. The number of carboxylic acids is 1. The van der Waals surface area contributed by atoms with Crippen molar-refractivity contribution in [1.29, 1.82) is 0 Å². The number of amides is 3. The van der Waals surface area contributed by atoms with Gasteiger partial charge in [0.2, 0.25) is 5.91 Å². The quantitative estimate of drug-likeness (QED) is 0.414. The van der Waals surface area contributed by atoms with E-state index < -0.39 is 17.9 Å². The first-order valence-corrected chi connectivity index (χ1v) is 6.03. The molecule has 0 aromatic rings. The van der Waals surface area contributed by atoms with Crippen LogP contribution < -0.4 is 5.32 Å². The highest BCUT2D eigenvalue weighted by Crippen LogP contribution is 2.00. The summed E-state index contributed by atoms with van der Waals surface area (Å²) in [5, 5.41) is 19.4. The standard InChI is InChI=1S/C12H20N2O5/c1-2-7-14(8-9-15)12(19)13-10(16)5-3-4-6-11(17)18/h2,15H,1,3-9H2,(H,17,18)(H,13,16,19). The molecule has 0 bridgehead atoms. The Kier molecular flexibility index (Phi) is 9.07. The number of carboxylic acid groups (broad SMARTS) is 1. The second kappa shape index (κ2) is 10.1. The minimum Gasteiger partial charge on any atom is -0.481 e.